The van der Waals surface area contributed by atoms with Crippen LogP contribution < -0.4 is 20.3 Å². The molecule has 3 rings (SSSR count). The standard InChI is InChI=1S/C17H26BrN7O2.HI/c1-19-16(21-6-5-20-14(26)12-3-4-12)24-7-9-25(10-8-24)17-22-11-13(18)15(23-17)27-2;/h11-12H,3-10H2,1-2H3,(H,19,21)(H,20,26);1H. The lowest BCUT2D eigenvalue weighted by Gasteiger charge is -2.36. The molecule has 0 radical (unpaired) electrons. The van der Waals surface area contributed by atoms with E-state index in [1.807, 2.05) is 0 Å². The summed E-state index contributed by atoms with van der Waals surface area (Å²) < 4.78 is 5.99. The average molecular weight is 568 g/mol. The van der Waals surface area contributed by atoms with Crippen molar-refractivity contribution >= 4 is 57.7 Å². The van der Waals surface area contributed by atoms with E-state index in [0.29, 0.717) is 24.9 Å². The minimum absolute atomic E-state index is 0. The smallest absolute Gasteiger partial charge is 0.232 e. The molecule has 2 N–H and O–H groups in total. The molecule has 156 valence electrons. The summed E-state index contributed by atoms with van der Waals surface area (Å²) in [5, 5.41) is 6.27. The van der Waals surface area contributed by atoms with Crippen molar-refractivity contribution in [3.05, 3.63) is 10.7 Å². The van der Waals surface area contributed by atoms with Gasteiger partial charge in [0.05, 0.1) is 17.8 Å². The first-order valence-electron chi connectivity index (χ1n) is 9.17. The van der Waals surface area contributed by atoms with Gasteiger partial charge in [0, 0.05) is 52.2 Å². The summed E-state index contributed by atoms with van der Waals surface area (Å²) in [5.74, 6) is 2.47. The summed E-state index contributed by atoms with van der Waals surface area (Å²) >= 11 is 3.38. The number of halogens is 2. The number of carbonyl (C=O) groups is 1. The van der Waals surface area contributed by atoms with Crippen LogP contribution in [0.4, 0.5) is 5.95 Å². The Morgan fingerprint density at radius 2 is 1.96 bits per heavy atom. The minimum Gasteiger partial charge on any atom is -0.480 e. The fourth-order valence-corrected chi connectivity index (χ4v) is 3.29. The number of amides is 1. The highest BCUT2D eigenvalue weighted by atomic mass is 127. The van der Waals surface area contributed by atoms with Crippen molar-refractivity contribution in [2.75, 3.05) is 58.3 Å². The Morgan fingerprint density at radius 3 is 2.57 bits per heavy atom. The number of ether oxygens (including phenoxy) is 1. The van der Waals surface area contributed by atoms with Crippen LogP contribution in [0.15, 0.2) is 15.7 Å². The Hall–Kier alpha value is -1.37. The van der Waals surface area contributed by atoms with E-state index in [0.717, 1.165) is 49.5 Å². The summed E-state index contributed by atoms with van der Waals surface area (Å²) in [4.78, 5) is 29.2. The number of aromatic nitrogens is 2. The second-order valence-electron chi connectivity index (χ2n) is 6.54. The zero-order valence-electron chi connectivity index (χ0n) is 16.2. The third-order valence-corrected chi connectivity index (χ3v) is 5.17. The number of nitrogens with one attached hydrogen (secondary N) is 2. The summed E-state index contributed by atoms with van der Waals surface area (Å²) in [7, 11) is 3.37. The van der Waals surface area contributed by atoms with E-state index in [2.05, 4.69) is 51.3 Å². The number of piperazine rings is 1. The first-order chi connectivity index (χ1) is 13.1. The Bertz CT molecular complexity index is 694. The predicted molar refractivity (Wildman–Crippen MR) is 123 cm³/mol. The number of methoxy groups -OCH3 is 1. The van der Waals surface area contributed by atoms with Crippen molar-refractivity contribution in [3.63, 3.8) is 0 Å². The Morgan fingerprint density at radius 1 is 1.29 bits per heavy atom. The molecule has 0 bridgehead atoms. The van der Waals surface area contributed by atoms with Gasteiger partial charge in [-0.1, -0.05) is 0 Å². The van der Waals surface area contributed by atoms with Gasteiger partial charge in [-0.15, -0.1) is 24.0 Å². The van der Waals surface area contributed by atoms with Gasteiger partial charge in [0.1, 0.15) is 0 Å². The van der Waals surface area contributed by atoms with Crippen LogP contribution in [0.25, 0.3) is 0 Å². The molecular formula is C17H27BrIN7O2. The highest BCUT2D eigenvalue weighted by Gasteiger charge is 2.29. The lowest BCUT2D eigenvalue weighted by Crippen LogP contribution is -2.53. The number of hydrogen-bond donors (Lipinski definition) is 2. The van der Waals surface area contributed by atoms with E-state index in [1.165, 1.54) is 0 Å². The zero-order valence-corrected chi connectivity index (χ0v) is 20.1. The first-order valence-corrected chi connectivity index (χ1v) is 9.96. The monoisotopic (exact) mass is 567 g/mol. The van der Waals surface area contributed by atoms with Gasteiger partial charge in [0.25, 0.3) is 0 Å². The van der Waals surface area contributed by atoms with E-state index in [9.17, 15) is 4.79 Å². The van der Waals surface area contributed by atoms with Gasteiger partial charge in [-0.3, -0.25) is 9.79 Å². The van der Waals surface area contributed by atoms with E-state index < -0.39 is 0 Å². The SMILES string of the molecule is CN=C(NCCNC(=O)C1CC1)N1CCN(c2ncc(Br)c(OC)n2)CC1.I. The van der Waals surface area contributed by atoms with Gasteiger partial charge < -0.3 is 25.2 Å². The molecule has 28 heavy (non-hydrogen) atoms. The molecule has 1 saturated carbocycles. The second-order valence-corrected chi connectivity index (χ2v) is 7.39. The largest absolute Gasteiger partial charge is 0.480 e. The summed E-state index contributed by atoms with van der Waals surface area (Å²) in [6.45, 7) is 4.50. The quantitative estimate of drug-likeness (QED) is 0.230. The highest BCUT2D eigenvalue weighted by Crippen LogP contribution is 2.28. The number of rotatable bonds is 6. The first kappa shape index (κ1) is 22.9. The zero-order chi connectivity index (χ0) is 19.2. The molecule has 9 nitrogen and oxygen atoms in total. The number of carbonyl (C=O) groups excluding carboxylic acids is 1. The van der Waals surface area contributed by atoms with E-state index in [1.54, 1.807) is 20.4 Å². The molecule has 1 amide bonds. The normalized spacial score (nSPS) is 17.0. The molecule has 1 aromatic heterocycles. The van der Waals surface area contributed by atoms with Crippen molar-refractivity contribution in [3.8, 4) is 5.88 Å². The van der Waals surface area contributed by atoms with Crippen LogP contribution in [-0.2, 0) is 4.79 Å². The van der Waals surface area contributed by atoms with Gasteiger partial charge in [-0.2, -0.15) is 4.98 Å². The fourth-order valence-electron chi connectivity index (χ4n) is 2.94. The van der Waals surface area contributed by atoms with Crippen LogP contribution in [0, 0.1) is 5.92 Å². The third kappa shape index (κ3) is 6.06. The molecule has 1 saturated heterocycles. The van der Waals surface area contributed by atoms with Crippen LogP contribution in [0.5, 0.6) is 5.88 Å². The van der Waals surface area contributed by atoms with Gasteiger partial charge in [-0.25, -0.2) is 4.98 Å². The van der Waals surface area contributed by atoms with Crippen molar-refractivity contribution in [2.45, 2.75) is 12.8 Å². The van der Waals surface area contributed by atoms with E-state index in [4.69, 9.17) is 4.74 Å². The molecule has 0 aromatic carbocycles. The molecular weight excluding hydrogens is 541 g/mol. The highest BCUT2D eigenvalue weighted by molar-refractivity contribution is 14.0. The van der Waals surface area contributed by atoms with Gasteiger partial charge in [0.2, 0.25) is 17.7 Å². The van der Waals surface area contributed by atoms with Crippen LogP contribution in [0.1, 0.15) is 12.8 Å². The van der Waals surface area contributed by atoms with Crippen molar-refractivity contribution in [1.82, 2.24) is 25.5 Å². The van der Waals surface area contributed by atoms with Crippen molar-refractivity contribution in [2.24, 2.45) is 10.9 Å². The summed E-state index contributed by atoms with van der Waals surface area (Å²) in [5.41, 5.74) is 0. The van der Waals surface area contributed by atoms with Gasteiger partial charge >= 0.3 is 0 Å². The molecule has 0 unspecified atom stereocenters. The van der Waals surface area contributed by atoms with Crippen molar-refractivity contribution < 1.29 is 9.53 Å². The van der Waals surface area contributed by atoms with E-state index >= 15 is 0 Å². The maximum Gasteiger partial charge on any atom is 0.232 e. The number of anilines is 1. The van der Waals surface area contributed by atoms with Crippen LogP contribution in [-0.4, -0.2) is 80.2 Å². The van der Waals surface area contributed by atoms with Gasteiger partial charge in [0.15, 0.2) is 5.96 Å². The number of guanidine groups is 1. The summed E-state index contributed by atoms with van der Waals surface area (Å²) in [6.07, 6.45) is 3.77. The molecule has 1 aliphatic carbocycles. The van der Waals surface area contributed by atoms with E-state index in [-0.39, 0.29) is 35.8 Å². The molecule has 0 atom stereocenters. The van der Waals surface area contributed by atoms with Gasteiger partial charge in [-0.05, 0) is 28.8 Å². The molecule has 1 aromatic rings. The number of nitrogens with zero attached hydrogens (tertiary/aromatic N) is 5. The maximum absolute atomic E-state index is 11.7. The topological polar surface area (TPSA) is 95.0 Å². The molecule has 1 aliphatic heterocycles. The molecule has 2 aliphatic rings. The predicted octanol–water partition coefficient (Wildman–Crippen LogP) is 1.09. The molecule has 2 fully saturated rings. The lowest BCUT2D eigenvalue weighted by atomic mass is 10.3. The van der Waals surface area contributed by atoms with Crippen LogP contribution in [0.2, 0.25) is 0 Å². The molecule has 11 heteroatoms. The Balaban J connectivity index is 0.00000280. The number of hydrogen-bond acceptors (Lipinski definition) is 6. The number of aliphatic imine (C=N–C) groups is 1. The second kappa shape index (κ2) is 11.0. The fraction of sp³-hybridized carbons (Fsp3) is 0.647. The Kier molecular flexibility index (Phi) is 8.99. The summed E-state index contributed by atoms with van der Waals surface area (Å²) in [6, 6.07) is 0. The lowest BCUT2D eigenvalue weighted by molar-refractivity contribution is -0.122. The third-order valence-electron chi connectivity index (χ3n) is 4.62. The van der Waals surface area contributed by atoms with Crippen LogP contribution >= 0.6 is 39.9 Å². The molecule has 2 heterocycles. The maximum atomic E-state index is 11.7. The minimum atomic E-state index is 0. The Labute approximate surface area is 190 Å². The van der Waals surface area contributed by atoms with Crippen molar-refractivity contribution in [1.29, 1.82) is 0 Å². The average Bonchev–Trinajstić information content (AvgIpc) is 3.54. The molecule has 0 spiro atoms. The van der Waals surface area contributed by atoms with Crippen LogP contribution in [0.3, 0.4) is 0 Å².